The van der Waals surface area contributed by atoms with E-state index < -0.39 is 11.6 Å². The van der Waals surface area contributed by atoms with Gasteiger partial charge >= 0.3 is 0 Å². The fourth-order valence-electron chi connectivity index (χ4n) is 4.20. The molecule has 2 heterocycles. The number of H-pyrrole nitrogens is 1. The predicted molar refractivity (Wildman–Crippen MR) is 111 cm³/mol. The molecular weight excluding hydrogens is 388 g/mol. The van der Waals surface area contributed by atoms with Gasteiger partial charge in [0.2, 0.25) is 0 Å². The Morgan fingerprint density at radius 1 is 1.27 bits per heavy atom. The van der Waals surface area contributed by atoms with Gasteiger partial charge in [-0.2, -0.15) is 0 Å². The summed E-state index contributed by atoms with van der Waals surface area (Å²) in [6.45, 7) is 4.93. The van der Waals surface area contributed by atoms with Crippen molar-refractivity contribution in [3.63, 3.8) is 0 Å². The summed E-state index contributed by atoms with van der Waals surface area (Å²) in [6.07, 6.45) is 3.22. The van der Waals surface area contributed by atoms with Crippen molar-refractivity contribution in [2.24, 2.45) is 0 Å². The summed E-state index contributed by atoms with van der Waals surface area (Å²) < 4.78 is 33.3. The fraction of sp³-hybridized carbons (Fsp3) is 0.391. The van der Waals surface area contributed by atoms with Crippen LogP contribution in [-0.4, -0.2) is 40.0 Å². The predicted octanol–water partition coefficient (Wildman–Crippen LogP) is 4.79. The lowest BCUT2D eigenvalue weighted by atomic mass is 9.96. The zero-order chi connectivity index (χ0) is 21.3. The van der Waals surface area contributed by atoms with Gasteiger partial charge in [-0.3, -0.25) is 4.79 Å². The maximum Gasteiger partial charge on any atom is 0.258 e. The van der Waals surface area contributed by atoms with Crippen LogP contribution >= 0.6 is 0 Å². The number of aromatic nitrogens is 2. The molecule has 0 aliphatic carbocycles. The van der Waals surface area contributed by atoms with Crippen LogP contribution in [0.5, 0.6) is 5.75 Å². The van der Waals surface area contributed by atoms with Crippen LogP contribution in [-0.2, 0) is 6.42 Å². The lowest BCUT2D eigenvalue weighted by molar-refractivity contribution is 0.0606. The van der Waals surface area contributed by atoms with E-state index in [4.69, 9.17) is 4.74 Å². The Kier molecular flexibility index (Phi) is 5.70. The van der Waals surface area contributed by atoms with Gasteiger partial charge in [0.1, 0.15) is 17.1 Å². The number of carbonyl (C=O) groups excluding carboxylic acids is 1. The molecule has 7 heteroatoms. The molecule has 4 rings (SSSR count). The van der Waals surface area contributed by atoms with E-state index >= 15 is 0 Å². The monoisotopic (exact) mass is 413 g/mol. The van der Waals surface area contributed by atoms with Crippen LogP contribution in [0.25, 0.3) is 11.0 Å². The topological polar surface area (TPSA) is 58.2 Å². The molecule has 2 aromatic carbocycles. The minimum Gasteiger partial charge on any atom is -0.493 e. The number of hydrogen-bond acceptors (Lipinski definition) is 3. The van der Waals surface area contributed by atoms with E-state index in [2.05, 4.69) is 9.97 Å². The zero-order valence-corrected chi connectivity index (χ0v) is 17.2. The van der Waals surface area contributed by atoms with Crippen molar-refractivity contribution in [2.75, 3.05) is 13.2 Å². The highest BCUT2D eigenvalue weighted by molar-refractivity contribution is 5.98. The van der Waals surface area contributed by atoms with Gasteiger partial charge in [0.25, 0.3) is 5.91 Å². The highest BCUT2D eigenvalue weighted by atomic mass is 19.2. The van der Waals surface area contributed by atoms with E-state index in [1.807, 2.05) is 36.9 Å². The number of halogens is 2. The number of piperidine rings is 1. The number of ether oxygens (including phenoxy) is 1. The number of carbonyl (C=O) groups is 1. The van der Waals surface area contributed by atoms with E-state index in [9.17, 15) is 13.6 Å². The van der Waals surface area contributed by atoms with Crippen molar-refractivity contribution in [3.8, 4) is 5.75 Å². The first kappa shape index (κ1) is 20.3. The Morgan fingerprint density at radius 2 is 2.10 bits per heavy atom. The molecule has 5 nitrogen and oxygen atoms in total. The second kappa shape index (κ2) is 8.42. The van der Waals surface area contributed by atoms with Crippen molar-refractivity contribution in [1.29, 1.82) is 0 Å². The average molecular weight is 413 g/mol. The molecule has 0 spiro atoms. The first-order valence-electron chi connectivity index (χ1n) is 10.4. The Hall–Kier alpha value is -2.96. The van der Waals surface area contributed by atoms with Crippen molar-refractivity contribution >= 4 is 16.9 Å². The van der Waals surface area contributed by atoms with Crippen LogP contribution in [0.2, 0.25) is 0 Å². The fourth-order valence-corrected chi connectivity index (χ4v) is 4.20. The van der Waals surface area contributed by atoms with Crippen LogP contribution in [0.3, 0.4) is 0 Å². The molecule has 1 fully saturated rings. The molecule has 0 saturated carbocycles. The van der Waals surface area contributed by atoms with Gasteiger partial charge in [-0.15, -0.1) is 0 Å². The van der Waals surface area contributed by atoms with Crippen molar-refractivity contribution in [1.82, 2.24) is 14.9 Å². The molecule has 1 aliphatic heterocycles. The number of likely N-dealkylation sites (tertiary alicyclic amines) is 1. The standard InChI is InChI=1S/C23H25F2N3O2/c1-3-30-18-9-6-7-14(2)20(18)23(29)28-12-5-4-8-15(28)13-19-26-17-11-10-16(24)21(25)22(17)27-19/h6-7,9-11,15H,3-5,8,12-13H2,1-2H3,(H,26,27). The second-order valence-corrected chi connectivity index (χ2v) is 7.67. The number of rotatable bonds is 5. The minimum absolute atomic E-state index is 0.00350. The van der Waals surface area contributed by atoms with Gasteiger partial charge in [0.15, 0.2) is 11.6 Å². The third-order valence-corrected chi connectivity index (χ3v) is 5.66. The SMILES string of the molecule is CCOc1cccc(C)c1C(=O)N1CCCCC1Cc1nc2c(F)c(F)ccc2[nH]1. The van der Waals surface area contributed by atoms with Gasteiger partial charge in [-0.1, -0.05) is 12.1 Å². The smallest absolute Gasteiger partial charge is 0.258 e. The molecule has 1 aromatic heterocycles. The number of imidazole rings is 1. The maximum absolute atomic E-state index is 14.0. The molecule has 1 N–H and O–H groups in total. The number of hydrogen-bond donors (Lipinski definition) is 1. The quantitative estimate of drug-likeness (QED) is 0.655. The van der Waals surface area contributed by atoms with Crippen LogP contribution in [0, 0.1) is 18.6 Å². The second-order valence-electron chi connectivity index (χ2n) is 7.67. The largest absolute Gasteiger partial charge is 0.493 e. The molecular formula is C23H25F2N3O2. The highest BCUT2D eigenvalue weighted by Crippen LogP contribution is 2.29. The number of aryl methyl sites for hydroxylation is 1. The first-order valence-corrected chi connectivity index (χ1v) is 10.4. The minimum atomic E-state index is -0.951. The van der Waals surface area contributed by atoms with Crippen LogP contribution in [0.1, 0.15) is 47.9 Å². The summed E-state index contributed by atoms with van der Waals surface area (Å²) in [5.41, 5.74) is 1.91. The molecule has 1 atom stereocenters. The van der Waals surface area contributed by atoms with Gasteiger partial charge in [0.05, 0.1) is 17.7 Å². The molecule has 0 bridgehead atoms. The average Bonchev–Trinajstić information content (AvgIpc) is 3.15. The van der Waals surface area contributed by atoms with Gasteiger partial charge in [-0.05, 0) is 56.9 Å². The summed E-state index contributed by atoms with van der Waals surface area (Å²) in [4.78, 5) is 22.7. The third kappa shape index (κ3) is 3.76. The molecule has 1 amide bonds. The Balaban J connectivity index is 1.63. The lowest BCUT2D eigenvalue weighted by Gasteiger charge is -2.36. The van der Waals surface area contributed by atoms with Crippen LogP contribution in [0.4, 0.5) is 8.78 Å². The van der Waals surface area contributed by atoms with Gasteiger partial charge in [0, 0.05) is 19.0 Å². The van der Waals surface area contributed by atoms with Crippen LogP contribution in [0.15, 0.2) is 30.3 Å². The number of fused-ring (bicyclic) bond motifs is 1. The van der Waals surface area contributed by atoms with Crippen molar-refractivity contribution in [3.05, 3.63) is 58.9 Å². The Morgan fingerprint density at radius 3 is 2.90 bits per heavy atom. The molecule has 30 heavy (non-hydrogen) atoms. The summed E-state index contributed by atoms with van der Waals surface area (Å²) in [6, 6.07) is 8.10. The van der Waals surface area contributed by atoms with E-state index in [0.717, 1.165) is 30.9 Å². The molecule has 3 aromatic rings. The number of amides is 1. The lowest BCUT2D eigenvalue weighted by Crippen LogP contribution is -2.45. The highest BCUT2D eigenvalue weighted by Gasteiger charge is 2.31. The van der Waals surface area contributed by atoms with E-state index in [1.165, 1.54) is 6.07 Å². The van der Waals surface area contributed by atoms with Crippen molar-refractivity contribution < 1.29 is 18.3 Å². The number of benzene rings is 2. The zero-order valence-electron chi connectivity index (χ0n) is 17.2. The molecule has 1 aliphatic rings. The number of nitrogens with zero attached hydrogens (tertiary/aromatic N) is 2. The van der Waals surface area contributed by atoms with E-state index in [1.54, 1.807) is 0 Å². The van der Waals surface area contributed by atoms with Gasteiger partial charge in [-0.25, -0.2) is 13.8 Å². The first-order chi connectivity index (χ1) is 14.5. The molecule has 158 valence electrons. The molecule has 1 unspecified atom stereocenters. The summed E-state index contributed by atoms with van der Waals surface area (Å²) in [7, 11) is 0. The summed E-state index contributed by atoms with van der Waals surface area (Å²) in [5.74, 6) is -0.789. The Labute approximate surface area is 174 Å². The van der Waals surface area contributed by atoms with E-state index in [-0.39, 0.29) is 17.5 Å². The maximum atomic E-state index is 14.0. The molecule has 0 radical (unpaired) electrons. The summed E-state index contributed by atoms with van der Waals surface area (Å²) in [5, 5.41) is 0. The third-order valence-electron chi connectivity index (χ3n) is 5.66. The van der Waals surface area contributed by atoms with Crippen LogP contribution < -0.4 is 4.74 Å². The number of nitrogens with one attached hydrogen (secondary N) is 1. The van der Waals surface area contributed by atoms with E-state index in [0.29, 0.717) is 42.2 Å². The van der Waals surface area contributed by atoms with Gasteiger partial charge < -0.3 is 14.6 Å². The Bertz CT molecular complexity index is 1080. The molecule has 1 saturated heterocycles. The van der Waals surface area contributed by atoms with Crippen molar-refractivity contribution in [2.45, 2.75) is 45.6 Å². The summed E-state index contributed by atoms with van der Waals surface area (Å²) >= 11 is 0. The number of aromatic amines is 1. The normalized spacial score (nSPS) is 16.8.